The van der Waals surface area contributed by atoms with Crippen LogP contribution in [0.15, 0.2) is 12.4 Å². The second-order valence-electron chi connectivity index (χ2n) is 6.80. The normalized spacial score (nSPS) is 13.6. The highest BCUT2D eigenvalue weighted by Gasteiger charge is 2.26. The smallest absolute Gasteiger partial charge is 0.341 e. The predicted octanol–water partition coefficient (Wildman–Crippen LogP) is 3.76. The average Bonchev–Trinajstić information content (AvgIpc) is 3.10. The standard InChI is InChI=1S/C19H26N4O2S2/c1-4-25-18(24)16-14-8-6-5-7-9-15(14)27-17(16)21-19(26)22(2)11-13-10-20-23(3)12-13/h10,12H,4-9,11H2,1-3H3,(H,21,26). The van der Waals surface area contributed by atoms with Gasteiger partial charge in [-0.25, -0.2) is 4.79 Å². The van der Waals surface area contributed by atoms with Gasteiger partial charge in [0.2, 0.25) is 0 Å². The second kappa shape index (κ2) is 8.84. The number of hydrogen-bond donors (Lipinski definition) is 1. The summed E-state index contributed by atoms with van der Waals surface area (Å²) in [6, 6.07) is 0. The number of aryl methyl sites for hydroxylation is 2. The monoisotopic (exact) mass is 406 g/mol. The van der Waals surface area contributed by atoms with Crippen molar-refractivity contribution in [3.8, 4) is 0 Å². The fourth-order valence-corrected chi connectivity index (χ4v) is 4.85. The molecule has 0 aromatic carbocycles. The molecule has 0 saturated carbocycles. The molecule has 0 atom stereocenters. The molecule has 1 N–H and O–H groups in total. The van der Waals surface area contributed by atoms with Gasteiger partial charge in [0, 0.05) is 37.3 Å². The number of carbonyl (C=O) groups excluding carboxylic acids is 1. The number of esters is 1. The molecule has 6 nitrogen and oxygen atoms in total. The third kappa shape index (κ3) is 4.68. The Morgan fingerprint density at radius 2 is 2.19 bits per heavy atom. The molecule has 2 aromatic rings. The number of nitrogens with one attached hydrogen (secondary N) is 1. The first-order valence-electron chi connectivity index (χ1n) is 9.31. The van der Waals surface area contributed by atoms with Crippen molar-refractivity contribution in [2.24, 2.45) is 7.05 Å². The Kier molecular flexibility index (Phi) is 6.49. The third-order valence-corrected chi connectivity index (χ3v) is 6.27. The highest BCUT2D eigenvalue weighted by atomic mass is 32.1. The van der Waals surface area contributed by atoms with Crippen LogP contribution in [-0.2, 0) is 31.2 Å². The van der Waals surface area contributed by atoms with E-state index < -0.39 is 0 Å². The van der Waals surface area contributed by atoms with E-state index in [9.17, 15) is 4.79 Å². The van der Waals surface area contributed by atoms with E-state index in [1.807, 2.05) is 38.3 Å². The molecule has 0 radical (unpaired) electrons. The summed E-state index contributed by atoms with van der Waals surface area (Å²) >= 11 is 7.23. The maximum absolute atomic E-state index is 12.6. The van der Waals surface area contributed by atoms with Crippen LogP contribution in [0.25, 0.3) is 0 Å². The van der Waals surface area contributed by atoms with Gasteiger partial charge >= 0.3 is 5.97 Å². The zero-order chi connectivity index (χ0) is 19.4. The van der Waals surface area contributed by atoms with Crippen molar-refractivity contribution in [2.75, 3.05) is 19.0 Å². The van der Waals surface area contributed by atoms with Crippen LogP contribution in [-0.4, -0.2) is 39.4 Å². The van der Waals surface area contributed by atoms with Crippen LogP contribution in [0.5, 0.6) is 0 Å². The third-order valence-electron chi connectivity index (χ3n) is 4.65. The lowest BCUT2D eigenvalue weighted by Gasteiger charge is -2.20. The van der Waals surface area contributed by atoms with E-state index >= 15 is 0 Å². The van der Waals surface area contributed by atoms with E-state index in [1.165, 1.54) is 17.7 Å². The lowest BCUT2D eigenvalue weighted by atomic mass is 10.1. The van der Waals surface area contributed by atoms with Crippen LogP contribution >= 0.6 is 23.6 Å². The molecule has 0 unspecified atom stereocenters. The van der Waals surface area contributed by atoms with Crippen molar-refractivity contribution in [2.45, 2.75) is 45.6 Å². The molecule has 27 heavy (non-hydrogen) atoms. The number of rotatable bonds is 5. The minimum Gasteiger partial charge on any atom is -0.462 e. The molecular weight excluding hydrogens is 380 g/mol. The Labute approximate surface area is 169 Å². The largest absolute Gasteiger partial charge is 0.462 e. The number of thiophene rings is 1. The summed E-state index contributed by atoms with van der Waals surface area (Å²) in [5.41, 5.74) is 2.91. The summed E-state index contributed by atoms with van der Waals surface area (Å²) in [4.78, 5) is 15.9. The molecule has 146 valence electrons. The lowest BCUT2D eigenvalue weighted by molar-refractivity contribution is 0.0527. The van der Waals surface area contributed by atoms with Crippen molar-refractivity contribution in [3.05, 3.63) is 34.0 Å². The van der Waals surface area contributed by atoms with Gasteiger partial charge in [0.25, 0.3) is 0 Å². The first-order valence-corrected chi connectivity index (χ1v) is 10.5. The summed E-state index contributed by atoms with van der Waals surface area (Å²) in [5.74, 6) is -0.253. The first-order chi connectivity index (χ1) is 13.0. The van der Waals surface area contributed by atoms with E-state index in [0.717, 1.165) is 35.4 Å². The van der Waals surface area contributed by atoms with Gasteiger partial charge in [0.15, 0.2) is 5.11 Å². The molecule has 2 aromatic heterocycles. The quantitative estimate of drug-likeness (QED) is 0.464. The lowest BCUT2D eigenvalue weighted by Crippen LogP contribution is -2.30. The topological polar surface area (TPSA) is 59.4 Å². The number of thiocarbonyl (C=S) groups is 1. The number of anilines is 1. The van der Waals surface area contributed by atoms with Crippen LogP contribution in [0.2, 0.25) is 0 Å². The van der Waals surface area contributed by atoms with E-state index in [1.54, 1.807) is 16.0 Å². The van der Waals surface area contributed by atoms with Gasteiger partial charge in [-0.1, -0.05) is 6.42 Å². The number of nitrogens with zero attached hydrogens (tertiary/aromatic N) is 3. The zero-order valence-corrected chi connectivity index (χ0v) is 17.7. The highest BCUT2D eigenvalue weighted by Crippen LogP contribution is 2.38. The van der Waals surface area contributed by atoms with E-state index in [0.29, 0.717) is 23.8 Å². The summed E-state index contributed by atoms with van der Waals surface area (Å²) in [5, 5.41) is 8.89. The molecule has 1 aliphatic rings. The van der Waals surface area contributed by atoms with Crippen LogP contribution in [0, 0.1) is 0 Å². The molecule has 0 fully saturated rings. The second-order valence-corrected chi connectivity index (χ2v) is 8.29. The number of fused-ring (bicyclic) bond motifs is 1. The fraction of sp³-hybridized carbons (Fsp3) is 0.526. The van der Waals surface area contributed by atoms with Gasteiger partial charge in [-0.05, 0) is 50.4 Å². The molecular formula is C19H26N4O2S2. The van der Waals surface area contributed by atoms with Crippen molar-refractivity contribution in [3.63, 3.8) is 0 Å². The number of hydrogen-bond acceptors (Lipinski definition) is 5. The van der Waals surface area contributed by atoms with Gasteiger partial charge in [-0.3, -0.25) is 4.68 Å². The summed E-state index contributed by atoms with van der Waals surface area (Å²) in [6.07, 6.45) is 9.24. The van der Waals surface area contributed by atoms with Crippen LogP contribution < -0.4 is 5.32 Å². The van der Waals surface area contributed by atoms with E-state index in [-0.39, 0.29) is 5.97 Å². The summed E-state index contributed by atoms with van der Waals surface area (Å²) in [7, 11) is 3.83. The van der Waals surface area contributed by atoms with E-state index in [2.05, 4.69) is 10.4 Å². The van der Waals surface area contributed by atoms with Crippen LogP contribution in [0.4, 0.5) is 5.00 Å². The van der Waals surface area contributed by atoms with Gasteiger partial charge in [0.1, 0.15) is 5.00 Å². The Bertz CT molecular complexity index is 828. The fourth-order valence-electron chi connectivity index (χ4n) is 3.34. The molecule has 2 heterocycles. The summed E-state index contributed by atoms with van der Waals surface area (Å²) in [6.45, 7) is 2.86. The highest BCUT2D eigenvalue weighted by molar-refractivity contribution is 7.80. The minimum atomic E-state index is -0.253. The molecule has 8 heteroatoms. The number of ether oxygens (including phenoxy) is 1. The Morgan fingerprint density at radius 3 is 2.89 bits per heavy atom. The Morgan fingerprint density at radius 1 is 1.41 bits per heavy atom. The molecule has 0 spiro atoms. The van der Waals surface area contributed by atoms with Crippen LogP contribution in [0.3, 0.4) is 0 Å². The SMILES string of the molecule is CCOC(=O)c1c(NC(=S)N(C)Cc2cnn(C)c2)sc2c1CCCCC2. The number of carbonyl (C=O) groups is 1. The van der Waals surface area contributed by atoms with Crippen molar-refractivity contribution in [1.29, 1.82) is 0 Å². The average molecular weight is 407 g/mol. The zero-order valence-electron chi connectivity index (χ0n) is 16.1. The van der Waals surface area contributed by atoms with Crippen molar-refractivity contribution < 1.29 is 9.53 Å². The Hall–Kier alpha value is -1.93. The molecule has 0 bridgehead atoms. The molecule has 0 aliphatic heterocycles. The van der Waals surface area contributed by atoms with Gasteiger partial charge < -0.3 is 15.0 Å². The van der Waals surface area contributed by atoms with Crippen molar-refractivity contribution in [1.82, 2.24) is 14.7 Å². The molecule has 0 saturated heterocycles. The molecule has 3 rings (SSSR count). The first kappa shape index (κ1) is 19.8. The Balaban J connectivity index is 1.80. The molecule has 1 aliphatic carbocycles. The maximum Gasteiger partial charge on any atom is 0.341 e. The maximum atomic E-state index is 12.6. The van der Waals surface area contributed by atoms with E-state index in [4.69, 9.17) is 17.0 Å². The predicted molar refractivity (Wildman–Crippen MR) is 112 cm³/mol. The minimum absolute atomic E-state index is 0.253. The van der Waals surface area contributed by atoms with Gasteiger partial charge in [0.05, 0.1) is 18.4 Å². The van der Waals surface area contributed by atoms with Gasteiger partial charge in [-0.15, -0.1) is 11.3 Å². The van der Waals surface area contributed by atoms with Crippen molar-refractivity contribution >= 4 is 39.6 Å². The van der Waals surface area contributed by atoms with Crippen LogP contribution in [0.1, 0.15) is 52.5 Å². The molecule has 0 amide bonds. The summed E-state index contributed by atoms with van der Waals surface area (Å²) < 4.78 is 7.11. The number of aromatic nitrogens is 2. The van der Waals surface area contributed by atoms with Gasteiger partial charge in [-0.2, -0.15) is 5.10 Å².